The summed E-state index contributed by atoms with van der Waals surface area (Å²) in [5.41, 5.74) is 0.552. The van der Waals surface area contributed by atoms with E-state index in [1.807, 2.05) is 6.92 Å². The third-order valence-corrected chi connectivity index (χ3v) is 4.16. The zero-order valence-corrected chi connectivity index (χ0v) is 13.4. The molecular weight excluding hydrogens is 308 g/mol. The van der Waals surface area contributed by atoms with E-state index in [9.17, 15) is 14.9 Å². The molecular formula is C15H19ClN2O4. The number of benzene rings is 1. The van der Waals surface area contributed by atoms with Gasteiger partial charge in [-0.25, -0.2) is 0 Å². The summed E-state index contributed by atoms with van der Waals surface area (Å²) in [6, 6.07) is 2.75. The number of ether oxygens (including phenoxy) is 1. The molecule has 1 aromatic rings. The summed E-state index contributed by atoms with van der Waals surface area (Å²) in [6.07, 6.45) is 0.872. The Labute approximate surface area is 134 Å². The number of carbonyl (C=O) groups excluding carboxylic acids is 1. The molecule has 1 unspecified atom stereocenters. The highest BCUT2D eigenvalue weighted by Gasteiger charge is 2.29. The molecule has 6 nitrogen and oxygen atoms in total. The molecule has 0 aromatic heterocycles. The van der Waals surface area contributed by atoms with Crippen LogP contribution in [0.1, 0.15) is 29.3 Å². The highest BCUT2D eigenvalue weighted by Crippen LogP contribution is 2.29. The van der Waals surface area contributed by atoms with Crippen molar-refractivity contribution in [3.63, 3.8) is 0 Å². The SMILES string of the molecule is CCOCC1CCN(C(=O)c2cc([N+](=O)[O-])c(C)cc2Cl)C1. The Morgan fingerprint density at radius 2 is 2.27 bits per heavy atom. The van der Waals surface area contributed by atoms with Gasteiger partial charge in [0, 0.05) is 37.2 Å². The van der Waals surface area contributed by atoms with E-state index >= 15 is 0 Å². The van der Waals surface area contributed by atoms with Gasteiger partial charge in [-0.3, -0.25) is 14.9 Å². The van der Waals surface area contributed by atoms with E-state index in [1.54, 1.807) is 11.8 Å². The molecule has 0 bridgehead atoms. The zero-order valence-electron chi connectivity index (χ0n) is 12.7. The van der Waals surface area contributed by atoms with Crippen LogP contribution in [0.5, 0.6) is 0 Å². The van der Waals surface area contributed by atoms with Crippen LogP contribution in [0.2, 0.25) is 5.02 Å². The second kappa shape index (κ2) is 7.07. The summed E-state index contributed by atoms with van der Waals surface area (Å²) in [6.45, 7) is 6.03. The van der Waals surface area contributed by atoms with Gasteiger partial charge in [0.15, 0.2) is 0 Å². The van der Waals surface area contributed by atoms with E-state index < -0.39 is 4.92 Å². The van der Waals surface area contributed by atoms with E-state index in [4.69, 9.17) is 16.3 Å². The molecule has 0 aliphatic carbocycles. The molecule has 120 valence electrons. The molecule has 0 N–H and O–H groups in total. The second-order valence-electron chi connectivity index (χ2n) is 5.44. The van der Waals surface area contributed by atoms with Crippen molar-refractivity contribution in [3.8, 4) is 0 Å². The molecule has 1 fully saturated rings. The maximum Gasteiger partial charge on any atom is 0.273 e. The van der Waals surface area contributed by atoms with E-state index in [0.29, 0.717) is 37.8 Å². The number of amides is 1. The number of nitro groups is 1. The van der Waals surface area contributed by atoms with Crippen LogP contribution in [0, 0.1) is 23.0 Å². The summed E-state index contributed by atoms with van der Waals surface area (Å²) in [7, 11) is 0. The van der Waals surface area contributed by atoms with Crippen LogP contribution in [0.15, 0.2) is 12.1 Å². The monoisotopic (exact) mass is 326 g/mol. The maximum absolute atomic E-state index is 12.6. The van der Waals surface area contributed by atoms with Crippen molar-refractivity contribution in [2.45, 2.75) is 20.3 Å². The van der Waals surface area contributed by atoms with Crippen LogP contribution in [-0.4, -0.2) is 42.0 Å². The van der Waals surface area contributed by atoms with Crippen LogP contribution in [-0.2, 0) is 4.74 Å². The van der Waals surface area contributed by atoms with Gasteiger partial charge in [-0.05, 0) is 26.3 Å². The summed E-state index contributed by atoms with van der Waals surface area (Å²) >= 11 is 6.10. The summed E-state index contributed by atoms with van der Waals surface area (Å²) in [5.74, 6) is 0.0511. The fourth-order valence-electron chi connectivity index (χ4n) is 2.63. The Balaban J connectivity index is 2.16. The van der Waals surface area contributed by atoms with Crippen molar-refractivity contribution in [3.05, 3.63) is 38.4 Å². The number of likely N-dealkylation sites (tertiary alicyclic amines) is 1. The van der Waals surface area contributed by atoms with Crippen LogP contribution in [0.4, 0.5) is 5.69 Å². The highest BCUT2D eigenvalue weighted by atomic mass is 35.5. The van der Waals surface area contributed by atoms with E-state index in [1.165, 1.54) is 12.1 Å². The molecule has 7 heteroatoms. The number of nitrogens with zero attached hydrogens (tertiary/aromatic N) is 2. The standard InChI is InChI=1S/C15H19ClN2O4/c1-3-22-9-11-4-5-17(8-11)15(19)12-7-14(18(20)21)10(2)6-13(12)16/h6-7,11H,3-5,8-9H2,1-2H3. The lowest BCUT2D eigenvalue weighted by Crippen LogP contribution is -2.29. The largest absolute Gasteiger partial charge is 0.381 e. The van der Waals surface area contributed by atoms with E-state index in [-0.39, 0.29) is 22.2 Å². The smallest absolute Gasteiger partial charge is 0.273 e. The van der Waals surface area contributed by atoms with Crippen molar-refractivity contribution in [2.24, 2.45) is 5.92 Å². The van der Waals surface area contributed by atoms with Crippen molar-refractivity contribution in [2.75, 3.05) is 26.3 Å². The van der Waals surface area contributed by atoms with Crippen LogP contribution in [0.25, 0.3) is 0 Å². The Bertz CT molecular complexity index is 591. The van der Waals surface area contributed by atoms with Gasteiger partial charge < -0.3 is 9.64 Å². The summed E-state index contributed by atoms with van der Waals surface area (Å²) in [4.78, 5) is 24.8. The fourth-order valence-corrected chi connectivity index (χ4v) is 2.93. The molecule has 1 aliphatic rings. The second-order valence-corrected chi connectivity index (χ2v) is 5.85. The first-order chi connectivity index (χ1) is 10.4. The molecule has 1 saturated heterocycles. The van der Waals surface area contributed by atoms with Crippen molar-refractivity contribution in [1.29, 1.82) is 0 Å². The highest BCUT2D eigenvalue weighted by molar-refractivity contribution is 6.34. The van der Waals surface area contributed by atoms with Crippen molar-refractivity contribution in [1.82, 2.24) is 4.90 Å². The Hall–Kier alpha value is -1.66. The number of nitro benzene ring substituents is 1. The molecule has 22 heavy (non-hydrogen) atoms. The first kappa shape index (κ1) is 16.7. The number of rotatable bonds is 5. The Morgan fingerprint density at radius 3 is 2.91 bits per heavy atom. The third kappa shape index (κ3) is 3.56. The normalized spacial score (nSPS) is 17.8. The maximum atomic E-state index is 12.6. The predicted molar refractivity (Wildman–Crippen MR) is 83.3 cm³/mol. The molecule has 0 saturated carbocycles. The Morgan fingerprint density at radius 1 is 1.55 bits per heavy atom. The molecule has 0 radical (unpaired) electrons. The lowest BCUT2D eigenvalue weighted by Gasteiger charge is -2.17. The average Bonchev–Trinajstić information content (AvgIpc) is 2.93. The minimum absolute atomic E-state index is 0.0854. The van der Waals surface area contributed by atoms with Gasteiger partial charge in [0.25, 0.3) is 11.6 Å². The number of hydrogen-bond donors (Lipinski definition) is 0. The molecule has 1 amide bonds. The lowest BCUT2D eigenvalue weighted by molar-refractivity contribution is -0.385. The quantitative estimate of drug-likeness (QED) is 0.615. The average molecular weight is 327 g/mol. The zero-order chi connectivity index (χ0) is 16.3. The van der Waals surface area contributed by atoms with Crippen LogP contribution in [0.3, 0.4) is 0 Å². The van der Waals surface area contributed by atoms with Gasteiger partial charge in [-0.1, -0.05) is 11.6 Å². The fraction of sp³-hybridized carbons (Fsp3) is 0.533. The van der Waals surface area contributed by atoms with Gasteiger partial charge in [0.05, 0.1) is 22.1 Å². The van der Waals surface area contributed by atoms with Crippen LogP contribution >= 0.6 is 11.6 Å². The van der Waals surface area contributed by atoms with E-state index in [2.05, 4.69) is 0 Å². The Kier molecular flexibility index (Phi) is 5.37. The molecule has 0 spiro atoms. The summed E-state index contributed by atoms with van der Waals surface area (Å²) in [5, 5.41) is 11.3. The van der Waals surface area contributed by atoms with Gasteiger partial charge in [0.1, 0.15) is 0 Å². The first-order valence-electron chi connectivity index (χ1n) is 7.25. The number of carbonyl (C=O) groups is 1. The van der Waals surface area contributed by atoms with Gasteiger partial charge in [-0.15, -0.1) is 0 Å². The molecule has 1 aromatic carbocycles. The van der Waals surface area contributed by atoms with E-state index in [0.717, 1.165) is 6.42 Å². The van der Waals surface area contributed by atoms with Crippen molar-refractivity contribution < 1.29 is 14.5 Å². The third-order valence-electron chi connectivity index (χ3n) is 3.84. The topological polar surface area (TPSA) is 72.7 Å². The number of halogens is 1. The molecule has 1 heterocycles. The molecule has 1 atom stereocenters. The number of hydrogen-bond acceptors (Lipinski definition) is 4. The van der Waals surface area contributed by atoms with Crippen LogP contribution < -0.4 is 0 Å². The van der Waals surface area contributed by atoms with Gasteiger partial charge >= 0.3 is 0 Å². The minimum Gasteiger partial charge on any atom is -0.381 e. The first-order valence-corrected chi connectivity index (χ1v) is 7.63. The number of aryl methyl sites for hydroxylation is 1. The van der Waals surface area contributed by atoms with Gasteiger partial charge in [0.2, 0.25) is 0 Å². The minimum atomic E-state index is -0.496. The predicted octanol–water partition coefficient (Wildman–Crippen LogP) is 3.06. The molecule has 1 aliphatic heterocycles. The van der Waals surface area contributed by atoms with Gasteiger partial charge in [-0.2, -0.15) is 0 Å². The summed E-state index contributed by atoms with van der Waals surface area (Å²) < 4.78 is 5.39. The van der Waals surface area contributed by atoms with Crippen molar-refractivity contribution >= 4 is 23.2 Å². The lowest BCUT2D eigenvalue weighted by atomic mass is 10.1. The molecule has 2 rings (SSSR count).